The number of hydrogen-bond acceptors (Lipinski definition) is 3. The van der Waals surface area contributed by atoms with Crippen molar-refractivity contribution in [3.05, 3.63) is 47.0 Å². The number of rotatable bonds is 6. The maximum absolute atomic E-state index is 14.0. The second-order valence-corrected chi connectivity index (χ2v) is 6.32. The van der Waals surface area contributed by atoms with E-state index in [1.165, 1.54) is 10.7 Å². The number of halogens is 1. The van der Waals surface area contributed by atoms with Gasteiger partial charge in [0.05, 0.1) is 12.1 Å². The molecule has 0 bridgehead atoms. The Morgan fingerprint density at radius 3 is 2.48 bits per heavy atom. The van der Waals surface area contributed by atoms with Crippen LogP contribution in [0.3, 0.4) is 0 Å². The average Bonchev–Trinajstić information content (AvgIpc) is 2.80. The monoisotopic (exact) mass is 347 g/mol. The number of carboxylic acids is 1. The summed E-state index contributed by atoms with van der Waals surface area (Å²) >= 11 is 0. The molecule has 0 unspecified atom stereocenters. The molecule has 2 rings (SSSR count). The fourth-order valence-electron chi connectivity index (χ4n) is 2.69. The maximum atomic E-state index is 14.0. The van der Waals surface area contributed by atoms with Crippen LogP contribution in [-0.4, -0.2) is 32.8 Å². The minimum atomic E-state index is -1.07. The van der Waals surface area contributed by atoms with Gasteiger partial charge in [-0.15, -0.1) is 0 Å². The third-order valence-corrected chi connectivity index (χ3v) is 4.11. The van der Waals surface area contributed by atoms with E-state index >= 15 is 0 Å². The van der Waals surface area contributed by atoms with Gasteiger partial charge in [-0.05, 0) is 31.9 Å². The summed E-state index contributed by atoms with van der Waals surface area (Å²) in [6, 6.07) is 5.31. The number of aryl methyl sites for hydroxylation is 1. The van der Waals surface area contributed by atoms with Crippen LogP contribution in [0.15, 0.2) is 24.3 Å². The maximum Gasteiger partial charge on any atom is 0.326 e. The number of carbonyl (C=O) groups excluding carboxylic acids is 1. The van der Waals surface area contributed by atoms with Gasteiger partial charge in [-0.1, -0.05) is 26.0 Å². The lowest BCUT2D eigenvalue weighted by atomic mass is 10.0. The van der Waals surface area contributed by atoms with Crippen molar-refractivity contribution in [2.75, 3.05) is 0 Å². The van der Waals surface area contributed by atoms with Gasteiger partial charge in [0, 0.05) is 11.3 Å². The Morgan fingerprint density at radius 1 is 1.28 bits per heavy atom. The van der Waals surface area contributed by atoms with E-state index in [-0.39, 0.29) is 12.3 Å². The SMILES string of the molecule is Cc1nn(-c2ccccc2F)c(C)c1CC(=O)N[C@H](C(=O)O)C(C)C. The fourth-order valence-corrected chi connectivity index (χ4v) is 2.69. The third kappa shape index (κ3) is 4.04. The molecule has 1 aromatic heterocycles. The molecule has 7 heteroatoms. The van der Waals surface area contributed by atoms with E-state index < -0.39 is 23.7 Å². The van der Waals surface area contributed by atoms with E-state index in [1.54, 1.807) is 45.9 Å². The lowest BCUT2D eigenvalue weighted by molar-refractivity contribution is -0.143. The standard InChI is InChI=1S/C18H22FN3O3/c1-10(2)17(18(24)25)20-16(23)9-13-11(3)21-22(12(13)4)15-8-6-5-7-14(15)19/h5-8,10,17H,9H2,1-4H3,(H,20,23)(H,24,25)/t17-/m0/s1. The van der Waals surface area contributed by atoms with Gasteiger partial charge < -0.3 is 10.4 Å². The summed E-state index contributed by atoms with van der Waals surface area (Å²) in [6.07, 6.45) is -0.0113. The number of nitrogens with zero attached hydrogens (tertiary/aromatic N) is 2. The van der Waals surface area contributed by atoms with Crippen LogP contribution in [-0.2, 0) is 16.0 Å². The molecule has 0 saturated carbocycles. The van der Waals surface area contributed by atoms with Crippen molar-refractivity contribution in [3.63, 3.8) is 0 Å². The third-order valence-electron chi connectivity index (χ3n) is 4.11. The molecule has 25 heavy (non-hydrogen) atoms. The van der Waals surface area contributed by atoms with Crippen LogP contribution >= 0.6 is 0 Å². The summed E-state index contributed by atoms with van der Waals surface area (Å²) in [7, 11) is 0. The summed E-state index contributed by atoms with van der Waals surface area (Å²) in [5.41, 5.74) is 2.22. The molecule has 2 aromatic rings. The molecule has 1 aromatic carbocycles. The average molecular weight is 347 g/mol. The van der Waals surface area contributed by atoms with Crippen molar-refractivity contribution in [1.29, 1.82) is 0 Å². The highest BCUT2D eigenvalue weighted by Crippen LogP contribution is 2.20. The van der Waals surface area contributed by atoms with Crippen LogP contribution in [0.5, 0.6) is 0 Å². The van der Waals surface area contributed by atoms with E-state index in [2.05, 4.69) is 10.4 Å². The molecule has 134 valence electrons. The predicted octanol–water partition coefficient (Wildman–Crippen LogP) is 2.40. The van der Waals surface area contributed by atoms with Gasteiger partial charge in [-0.2, -0.15) is 5.10 Å². The van der Waals surface area contributed by atoms with Gasteiger partial charge in [0.1, 0.15) is 17.5 Å². The molecular formula is C18H22FN3O3. The number of nitrogens with one attached hydrogen (secondary N) is 1. The highest BCUT2D eigenvalue weighted by atomic mass is 19.1. The highest BCUT2D eigenvalue weighted by molar-refractivity contribution is 5.85. The molecule has 0 radical (unpaired) electrons. The summed E-state index contributed by atoms with van der Waals surface area (Å²) in [5, 5.41) is 16.0. The van der Waals surface area contributed by atoms with Crippen LogP contribution in [0.1, 0.15) is 30.8 Å². The number of carboxylic acid groups (broad SMARTS) is 1. The van der Waals surface area contributed by atoms with E-state index in [4.69, 9.17) is 0 Å². The first-order valence-corrected chi connectivity index (χ1v) is 8.04. The lowest BCUT2D eigenvalue weighted by Crippen LogP contribution is -2.45. The lowest BCUT2D eigenvalue weighted by Gasteiger charge is -2.17. The molecule has 0 aliphatic rings. The molecule has 2 N–H and O–H groups in total. The molecule has 6 nitrogen and oxygen atoms in total. The van der Waals surface area contributed by atoms with E-state index in [0.29, 0.717) is 22.6 Å². The second-order valence-electron chi connectivity index (χ2n) is 6.32. The van der Waals surface area contributed by atoms with Gasteiger partial charge in [0.2, 0.25) is 5.91 Å². The Labute approximate surface area is 145 Å². The molecule has 1 heterocycles. The van der Waals surface area contributed by atoms with Gasteiger partial charge in [0.25, 0.3) is 0 Å². The number of hydrogen-bond donors (Lipinski definition) is 2. The first-order valence-electron chi connectivity index (χ1n) is 8.04. The van der Waals surface area contributed by atoms with E-state index in [9.17, 15) is 19.1 Å². The van der Waals surface area contributed by atoms with Crippen molar-refractivity contribution in [2.24, 2.45) is 5.92 Å². The van der Waals surface area contributed by atoms with Crippen LogP contribution in [0.4, 0.5) is 4.39 Å². The Kier molecular flexibility index (Phi) is 5.56. The number of amides is 1. The highest BCUT2D eigenvalue weighted by Gasteiger charge is 2.25. The molecule has 0 fully saturated rings. The Balaban J connectivity index is 2.25. The Hall–Kier alpha value is -2.70. The minimum absolute atomic E-state index is 0.0113. The van der Waals surface area contributed by atoms with Crippen molar-refractivity contribution < 1.29 is 19.1 Å². The topological polar surface area (TPSA) is 84.2 Å². The smallest absolute Gasteiger partial charge is 0.326 e. The largest absolute Gasteiger partial charge is 0.480 e. The van der Waals surface area contributed by atoms with Crippen LogP contribution in [0, 0.1) is 25.6 Å². The summed E-state index contributed by atoms with van der Waals surface area (Å²) in [4.78, 5) is 23.5. The zero-order chi connectivity index (χ0) is 18.7. The molecular weight excluding hydrogens is 325 g/mol. The normalized spacial score (nSPS) is 12.2. The molecule has 1 atom stereocenters. The molecule has 0 aliphatic carbocycles. The molecule has 0 saturated heterocycles. The molecule has 1 amide bonds. The number of para-hydroxylation sites is 1. The number of aliphatic carboxylic acids is 1. The summed E-state index contributed by atoms with van der Waals surface area (Å²) in [6.45, 7) is 6.95. The summed E-state index contributed by atoms with van der Waals surface area (Å²) < 4.78 is 15.5. The van der Waals surface area contributed by atoms with Crippen molar-refractivity contribution in [1.82, 2.24) is 15.1 Å². The molecule has 0 aliphatic heterocycles. The zero-order valence-electron chi connectivity index (χ0n) is 14.7. The van der Waals surface area contributed by atoms with E-state index in [0.717, 1.165) is 0 Å². The van der Waals surface area contributed by atoms with Gasteiger partial charge in [-0.25, -0.2) is 13.9 Å². The first kappa shape index (κ1) is 18.6. The molecule has 0 spiro atoms. The van der Waals surface area contributed by atoms with Crippen LogP contribution < -0.4 is 5.32 Å². The van der Waals surface area contributed by atoms with Crippen LogP contribution in [0.2, 0.25) is 0 Å². The Morgan fingerprint density at radius 2 is 1.92 bits per heavy atom. The van der Waals surface area contributed by atoms with Gasteiger partial charge >= 0.3 is 5.97 Å². The van der Waals surface area contributed by atoms with Gasteiger partial charge in [0.15, 0.2) is 0 Å². The minimum Gasteiger partial charge on any atom is -0.480 e. The number of carbonyl (C=O) groups is 2. The summed E-state index contributed by atoms with van der Waals surface area (Å²) in [5.74, 6) is -2.11. The van der Waals surface area contributed by atoms with Crippen molar-refractivity contribution in [3.8, 4) is 5.69 Å². The predicted molar refractivity (Wildman–Crippen MR) is 91.1 cm³/mol. The van der Waals surface area contributed by atoms with Crippen molar-refractivity contribution in [2.45, 2.75) is 40.2 Å². The zero-order valence-corrected chi connectivity index (χ0v) is 14.7. The van der Waals surface area contributed by atoms with Crippen molar-refractivity contribution >= 4 is 11.9 Å². The van der Waals surface area contributed by atoms with E-state index in [1.807, 2.05) is 0 Å². The fraction of sp³-hybridized carbons (Fsp3) is 0.389. The van der Waals surface area contributed by atoms with Crippen LogP contribution in [0.25, 0.3) is 5.69 Å². The quantitative estimate of drug-likeness (QED) is 0.840. The van der Waals surface area contributed by atoms with Gasteiger partial charge in [-0.3, -0.25) is 4.79 Å². The first-order chi connectivity index (χ1) is 11.7. The number of benzene rings is 1. The Bertz CT molecular complexity index is 799. The number of aromatic nitrogens is 2. The second kappa shape index (κ2) is 7.46.